The molecule has 6 rings (SSSR count). The standard InChI is InChI=1S/C25H26N6O4S/c1-34-23-5-3-18-24(30-23)17-6-14(9-27-20(17)11-28-18)8-26-10-16-12-31(25(33)35-16)15-2-4-21-19(7-15)29-22(32)13-36-21/h2-5,7,11,14,16,26-27H,6,8-10,12-13H2,1H3,(H,29,32)/t14?,16-/m1/s1. The molecule has 11 heteroatoms. The highest BCUT2D eigenvalue weighted by Crippen LogP contribution is 2.35. The summed E-state index contributed by atoms with van der Waals surface area (Å²) in [6.45, 7) is 2.62. The first-order valence-electron chi connectivity index (χ1n) is 11.9. The molecule has 0 spiro atoms. The molecule has 3 aromatic rings. The van der Waals surface area contributed by atoms with Crippen LogP contribution in [0.5, 0.6) is 5.88 Å². The molecule has 36 heavy (non-hydrogen) atoms. The van der Waals surface area contributed by atoms with Gasteiger partial charge in [-0.15, -0.1) is 11.8 Å². The lowest BCUT2D eigenvalue weighted by Gasteiger charge is -2.27. The van der Waals surface area contributed by atoms with Crippen molar-refractivity contribution in [3.05, 3.63) is 42.1 Å². The van der Waals surface area contributed by atoms with Gasteiger partial charge in [0.25, 0.3) is 0 Å². The molecular formula is C25H26N6O4S. The Labute approximate surface area is 212 Å². The Morgan fingerprint density at radius 2 is 2.14 bits per heavy atom. The first-order valence-corrected chi connectivity index (χ1v) is 12.9. The van der Waals surface area contributed by atoms with Crippen molar-refractivity contribution < 1.29 is 19.1 Å². The Morgan fingerprint density at radius 1 is 1.22 bits per heavy atom. The Morgan fingerprint density at radius 3 is 3.03 bits per heavy atom. The minimum absolute atomic E-state index is 0.0327. The molecule has 3 aliphatic rings. The van der Waals surface area contributed by atoms with Crippen LogP contribution in [-0.2, 0) is 16.0 Å². The van der Waals surface area contributed by atoms with Crippen LogP contribution < -0.4 is 25.6 Å². The van der Waals surface area contributed by atoms with E-state index in [1.165, 1.54) is 11.8 Å². The molecule has 10 nitrogen and oxygen atoms in total. The van der Waals surface area contributed by atoms with Gasteiger partial charge in [0, 0.05) is 41.8 Å². The number of methoxy groups -OCH3 is 1. The van der Waals surface area contributed by atoms with Gasteiger partial charge in [0.05, 0.1) is 48.0 Å². The zero-order valence-electron chi connectivity index (χ0n) is 19.7. The summed E-state index contributed by atoms with van der Waals surface area (Å²) in [5.74, 6) is 1.30. The Hall–Kier alpha value is -3.57. The van der Waals surface area contributed by atoms with Crippen LogP contribution in [0.1, 0.15) is 5.56 Å². The third kappa shape index (κ3) is 4.40. The van der Waals surface area contributed by atoms with E-state index < -0.39 is 0 Å². The zero-order chi connectivity index (χ0) is 24.6. The summed E-state index contributed by atoms with van der Waals surface area (Å²) in [5, 5.41) is 9.83. The highest BCUT2D eigenvalue weighted by atomic mass is 32.2. The topological polar surface area (TPSA) is 118 Å². The van der Waals surface area contributed by atoms with Crippen molar-refractivity contribution >= 4 is 51.9 Å². The summed E-state index contributed by atoms with van der Waals surface area (Å²) in [4.78, 5) is 36.0. The van der Waals surface area contributed by atoms with Crippen LogP contribution in [0.4, 0.5) is 21.9 Å². The van der Waals surface area contributed by atoms with Crippen LogP contribution in [0.3, 0.4) is 0 Å². The number of pyridine rings is 2. The number of anilines is 3. The van der Waals surface area contributed by atoms with Gasteiger partial charge in [0.2, 0.25) is 11.8 Å². The van der Waals surface area contributed by atoms with Crippen LogP contribution in [0.2, 0.25) is 0 Å². The van der Waals surface area contributed by atoms with Crippen LogP contribution in [-0.4, -0.2) is 67.1 Å². The summed E-state index contributed by atoms with van der Waals surface area (Å²) < 4.78 is 10.9. The maximum Gasteiger partial charge on any atom is 0.414 e. The molecule has 0 radical (unpaired) electrons. The van der Waals surface area contributed by atoms with E-state index in [1.54, 1.807) is 12.0 Å². The van der Waals surface area contributed by atoms with Gasteiger partial charge < -0.3 is 25.4 Å². The number of ether oxygens (including phenoxy) is 2. The number of thioether (sulfide) groups is 1. The van der Waals surface area contributed by atoms with Crippen molar-refractivity contribution in [2.75, 3.05) is 54.6 Å². The molecule has 3 N–H and O–H groups in total. The number of hydrogen-bond donors (Lipinski definition) is 3. The molecule has 5 heterocycles. The first-order chi connectivity index (χ1) is 17.6. The molecule has 2 amide bonds. The number of cyclic esters (lactones) is 1. The summed E-state index contributed by atoms with van der Waals surface area (Å²) >= 11 is 1.50. The second kappa shape index (κ2) is 9.47. The number of nitrogens with one attached hydrogen (secondary N) is 3. The second-order valence-corrected chi connectivity index (χ2v) is 10.1. The highest BCUT2D eigenvalue weighted by molar-refractivity contribution is 8.00. The number of hydrogen-bond acceptors (Lipinski definition) is 9. The molecule has 3 aliphatic heterocycles. The van der Waals surface area contributed by atoms with Crippen molar-refractivity contribution in [2.45, 2.75) is 17.4 Å². The quantitative estimate of drug-likeness (QED) is 0.464. The molecular weight excluding hydrogens is 480 g/mol. The average Bonchev–Trinajstić information content (AvgIpc) is 3.27. The molecule has 1 fully saturated rings. The maximum atomic E-state index is 12.5. The normalized spacial score (nSPS) is 20.9. The Kier molecular flexibility index (Phi) is 6.02. The molecule has 1 unspecified atom stereocenters. The molecule has 0 aliphatic carbocycles. The van der Waals surface area contributed by atoms with Gasteiger partial charge in [-0.1, -0.05) is 0 Å². The number of benzene rings is 1. The van der Waals surface area contributed by atoms with E-state index in [9.17, 15) is 9.59 Å². The van der Waals surface area contributed by atoms with E-state index in [2.05, 4.69) is 25.9 Å². The average molecular weight is 507 g/mol. The molecule has 2 aromatic heterocycles. The molecule has 186 valence electrons. The van der Waals surface area contributed by atoms with Gasteiger partial charge in [-0.25, -0.2) is 9.78 Å². The monoisotopic (exact) mass is 506 g/mol. The molecule has 0 saturated carbocycles. The van der Waals surface area contributed by atoms with E-state index in [-0.39, 0.29) is 18.1 Å². The van der Waals surface area contributed by atoms with Crippen LogP contribution in [0, 0.1) is 5.92 Å². The van der Waals surface area contributed by atoms with Crippen molar-refractivity contribution in [3.63, 3.8) is 0 Å². The number of nitrogens with zero attached hydrogens (tertiary/aromatic N) is 3. The Balaban J connectivity index is 1.06. The fraction of sp³-hybridized carbons (Fsp3) is 0.360. The van der Waals surface area contributed by atoms with Crippen molar-refractivity contribution in [1.82, 2.24) is 15.3 Å². The number of rotatable bonds is 6. The lowest BCUT2D eigenvalue weighted by atomic mass is 9.93. The molecule has 1 aromatic carbocycles. The first kappa shape index (κ1) is 22.9. The molecule has 0 bridgehead atoms. The molecule has 1 saturated heterocycles. The fourth-order valence-corrected chi connectivity index (χ4v) is 5.65. The Bertz CT molecular complexity index is 1350. The second-order valence-electron chi connectivity index (χ2n) is 9.11. The van der Waals surface area contributed by atoms with Gasteiger partial charge >= 0.3 is 6.09 Å². The van der Waals surface area contributed by atoms with Crippen molar-refractivity contribution in [1.29, 1.82) is 0 Å². The smallest absolute Gasteiger partial charge is 0.414 e. The number of amides is 2. The van der Waals surface area contributed by atoms with Gasteiger partial charge in [-0.3, -0.25) is 14.7 Å². The van der Waals surface area contributed by atoms with Crippen molar-refractivity contribution in [3.8, 4) is 5.88 Å². The number of carbonyl (C=O) groups is 2. The largest absolute Gasteiger partial charge is 0.481 e. The van der Waals surface area contributed by atoms with Gasteiger partial charge in [0.15, 0.2) is 0 Å². The lowest BCUT2D eigenvalue weighted by molar-refractivity contribution is -0.113. The van der Waals surface area contributed by atoms with E-state index in [4.69, 9.17) is 9.47 Å². The SMILES string of the molecule is COc1ccc2ncc3c(c2n1)CC(CNC[C@@H]1CN(c2ccc4c(c2)NC(=O)CS4)C(=O)O1)CN3. The number of fused-ring (bicyclic) bond motifs is 4. The summed E-state index contributed by atoms with van der Waals surface area (Å²) in [6, 6.07) is 9.42. The molecule has 2 atom stereocenters. The zero-order valence-corrected chi connectivity index (χ0v) is 20.6. The predicted molar refractivity (Wildman–Crippen MR) is 138 cm³/mol. The number of aromatic nitrogens is 2. The van der Waals surface area contributed by atoms with Crippen LogP contribution >= 0.6 is 11.8 Å². The van der Waals surface area contributed by atoms with Crippen LogP contribution in [0.25, 0.3) is 11.0 Å². The minimum atomic E-state index is -0.371. The highest BCUT2D eigenvalue weighted by Gasteiger charge is 2.33. The summed E-state index contributed by atoms with van der Waals surface area (Å²) in [7, 11) is 1.61. The minimum Gasteiger partial charge on any atom is -0.481 e. The van der Waals surface area contributed by atoms with E-state index >= 15 is 0 Å². The summed E-state index contributed by atoms with van der Waals surface area (Å²) in [5.41, 5.74) is 5.34. The fourth-order valence-electron chi connectivity index (χ4n) is 4.86. The van der Waals surface area contributed by atoms with Crippen LogP contribution in [0.15, 0.2) is 41.4 Å². The van der Waals surface area contributed by atoms with E-state index in [0.29, 0.717) is 30.6 Å². The van der Waals surface area contributed by atoms with Gasteiger partial charge in [0.1, 0.15) is 6.10 Å². The lowest BCUT2D eigenvalue weighted by Crippen LogP contribution is -2.37. The third-order valence-corrected chi connectivity index (χ3v) is 7.74. The van der Waals surface area contributed by atoms with E-state index in [0.717, 1.165) is 58.1 Å². The number of carbonyl (C=O) groups excluding carboxylic acids is 2. The van der Waals surface area contributed by atoms with Gasteiger partial charge in [-0.2, -0.15) is 0 Å². The third-order valence-electron chi connectivity index (χ3n) is 6.66. The summed E-state index contributed by atoms with van der Waals surface area (Å²) in [6.07, 6.45) is 2.11. The van der Waals surface area contributed by atoms with Gasteiger partial charge in [-0.05, 0) is 36.6 Å². The maximum absolute atomic E-state index is 12.5. The predicted octanol–water partition coefficient (Wildman–Crippen LogP) is 2.88. The van der Waals surface area contributed by atoms with Crippen molar-refractivity contribution in [2.24, 2.45) is 5.92 Å². The van der Waals surface area contributed by atoms with E-state index in [1.807, 2.05) is 36.5 Å².